The molecule has 0 heteroatoms. The largest absolute Gasteiger partial charge is 0.0991 e. The van der Waals surface area contributed by atoms with Gasteiger partial charge in [0.2, 0.25) is 0 Å². The first-order valence-electron chi connectivity index (χ1n) is 4.83. The molecule has 0 saturated heterocycles. The summed E-state index contributed by atoms with van der Waals surface area (Å²) < 4.78 is 0. The molecule has 0 aliphatic carbocycles. The molecule has 0 aromatic rings. The molecule has 0 rings (SSSR count). The van der Waals surface area contributed by atoms with Crippen molar-refractivity contribution in [3.05, 3.63) is 36.5 Å². The van der Waals surface area contributed by atoms with Crippen molar-refractivity contribution in [2.24, 2.45) is 0 Å². The molecule has 68 valence electrons. The van der Waals surface area contributed by atoms with Crippen LogP contribution in [-0.2, 0) is 0 Å². The van der Waals surface area contributed by atoms with Crippen LogP contribution in [0.1, 0.15) is 39.5 Å². The van der Waals surface area contributed by atoms with Crippen LogP contribution in [0.2, 0.25) is 0 Å². The second kappa shape index (κ2) is 8.32. The van der Waals surface area contributed by atoms with Crippen molar-refractivity contribution in [3.63, 3.8) is 0 Å². The summed E-state index contributed by atoms with van der Waals surface area (Å²) in [5, 5.41) is 0. The fourth-order valence-corrected chi connectivity index (χ4v) is 1.06. The van der Waals surface area contributed by atoms with Gasteiger partial charge in [-0.15, -0.1) is 0 Å². The first kappa shape index (κ1) is 11.2. The smallest absolute Gasteiger partial charge is 0.0282 e. The average Bonchev–Trinajstić information content (AvgIpc) is 2.06. The zero-order valence-electron chi connectivity index (χ0n) is 8.34. The summed E-state index contributed by atoms with van der Waals surface area (Å²) >= 11 is 0. The summed E-state index contributed by atoms with van der Waals surface area (Å²) in [6.07, 6.45) is 13.2. The fourth-order valence-electron chi connectivity index (χ4n) is 1.06. The number of hydrogen-bond donors (Lipinski definition) is 0. The van der Waals surface area contributed by atoms with Gasteiger partial charge < -0.3 is 0 Å². The summed E-state index contributed by atoms with van der Waals surface area (Å²) in [6, 6.07) is 0. The lowest BCUT2D eigenvalue weighted by Crippen LogP contribution is -1.76. The molecule has 0 amide bonds. The molecule has 0 aromatic heterocycles. The summed E-state index contributed by atoms with van der Waals surface area (Å²) in [5.74, 6) is 0. The molecular formula is C12H20. The average molecular weight is 164 g/mol. The molecule has 0 aliphatic rings. The topological polar surface area (TPSA) is 0 Å². The molecule has 0 N–H and O–H groups in total. The van der Waals surface area contributed by atoms with Crippen LogP contribution in [0, 0.1) is 0 Å². The van der Waals surface area contributed by atoms with Crippen LogP contribution >= 0.6 is 0 Å². The van der Waals surface area contributed by atoms with Crippen molar-refractivity contribution in [3.8, 4) is 0 Å². The molecule has 0 radical (unpaired) electrons. The van der Waals surface area contributed by atoms with E-state index in [1.807, 2.05) is 6.08 Å². The van der Waals surface area contributed by atoms with Crippen LogP contribution in [-0.4, -0.2) is 0 Å². The maximum absolute atomic E-state index is 3.70. The van der Waals surface area contributed by atoms with E-state index in [0.717, 1.165) is 6.42 Å². The lowest BCUT2D eigenvalue weighted by atomic mass is 10.1. The highest BCUT2D eigenvalue weighted by atomic mass is 13.9. The van der Waals surface area contributed by atoms with Crippen LogP contribution in [0.25, 0.3) is 0 Å². The first-order chi connectivity index (χ1) is 5.85. The van der Waals surface area contributed by atoms with Crippen molar-refractivity contribution >= 4 is 0 Å². The van der Waals surface area contributed by atoms with E-state index >= 15 is 0 Å². The molecule has 0 heterocycles. The second-order valence-corrected chi connectivity index (χ2v) is 2.92. The third kappa shape index (κ3) is 5.96. The lowest BCUT2D eigenvalue weighted by molar-refractivity contribution is 0.917. The maximum Gasteiger partial charge on any atom is -0.0282 e. The zero-order chi connectivity index (χ0) is 9.23. The molecule has 0 aliphatic heterocycles. The number of rotatable bonds is 6. The number of allylic oxidation sites excluding steroid dienone is 5. The van der Waals surface area contributed by atoms with Gasteiger partial charge in [0.15, 0.2) is 0 Å². The van der Waals surface area contributed by atoms with E-state index in [1.54, 1.807) is 0 Å². The summed E-state index contributed by atoms with van der Waals surface area (Å²) in [7, 11) is 0. The molecule has 12 heavy (non-hydrogen) atoms. The Morgan fingerprint density at radius 3 is 2.50 bits per heavy atom. The molecule has 0 atom stereocenters. The Balaban J connectivity index is 3.94. The minimum Gasteiger partial charge on any atom is -0.0991 e. The van der Waals surface area contributed by atoms with Gasteiger partial charge in [-0.2, -0.15) is 0 Å². The second-order valence-electron chi connectivity index (χ2n) is 2.92. The van der Waals surface area contributed by atoms with Gasteiger partial charge in [-0.05, 0) is 18.4 Å². The van der Waals surface area contributed by atoms with E-state index in [9.17, 15) is 0 Å². The molecule has 0 bridgehead atoms. The van der Waals surface area contributed by atoms with Gasteiger partial charge in [0.25, 0.3) is 0 Å². The van der Waals surface area contributed by atoms with E-state index in [4.69, 9.17) is 0 Å². The van der Waals surface area contributed by atoms with Gasteiger partial charge in [-0.3, -0.25) is 0 Å². The quantitative estimate of drug-likeness (QED) is 0.515. The van der Waals surface area contributed by atoms with Crippen molar-refractivity contribution in [2.45, 2.75) is 39.5 Å². The molecular weight excluding hydrogens is 144 g/mol. The Morgan fingerprint density at radius 1 is 1.25 bits per heavy atom. The fraction of sp³-hybridized carbons (Fsp3) is 0.500. The Labute approximate surface area is 76.7 Å². The molecule has 0 fully saturated rings. The predicted octanol–water partition coefficient (Wildman–Crippen LogP) is 4.26. The standard InChI is InChI=1S/C12H20/c1-4-7-8-11-12(9-5-2)10-6-3/h5,8-9,11H,2,4,6-7,10H2,1,3H3/b11-8-,12-9-. The lowest BCUT2D eigenvalue weighted by Gasteiger charge is -1.96. The highest BCUT2D eigenvalue weighted by Crippen LogP contribution is 2.07. The van der Waals surface area contributed by atoms with Crippen LogP contribution in [0.4, 0.5) is 0 Å². The Bertz CT molecular complexity index is 161. The van der Waals surface area contributed by atoms with E-state index in [-0.39, 0.29) is 0 Å². The Morgan fingerprint density at radius 2 is 2.00 bits per heavy atom. The van der Waals surface area contributed by atoms with Gasteiger partial charge in [0.05, 0.1) is 0 Å². The van der Waals surface area contributed by atoms with Crippen molar-refractivity contribution in [2.75, 3.05) is 0 Å². The summed E-state index contributed by atoms with van der Waals surface area (Å²) in [4.78, 5) is 0. The van der Waals surface area contributed by atoms with Gasteiger partial charge in [0.1, 0.15) is 0 Å². The van der Waals surface area contributed by atoms with Gasteiger partial charge in [-0.25, -0.2) is 0 Å². The third-order valence-corrected chi connectivity index (χ3v) is 1.66. The highest BCUT2D eigenvalue weighted by Gasteiger charge is 1.87. The van der Waals surface area contributed by atoms with Crippen LogP contribution < -0.4 is 0 Å². The van der Waals surface area contributed by atoms with Crippen molar-refractivity contribution in [1.29, 1.82) is 0 Å². The van der Waals surface area contributed by atoms with Gasteiger partial charge in [-0.1, -0.05) is 57.6 Å². The van der Waals surface area contributed by atoms with Crippen LogP contribution in [0.3, 0.4) is 0 Å². The highest BCUT2D eigenvalue weighted by molar-refractivity contribution is 5.22. The molecule has 0 saturated carbocycles. The molecule has 0 spiro atoms. The van der Waals surface area contributed by atoms with E-state index in [2.05, 4.69) is 38.7 Å². The van der Waals surface area contributed by atoms with Crippen LogP contribution in [0.15, 0.2) is 36.5 Å². The number of hydrogen-bond acceptors (Lipinski definition) is 0. The Hall–Kier alpha value is -0.780. The third-order valence-electron chi connectivity index (χ3n) is 1.66. The van der Waals surface area contributed by atoms with Gasteiger partial charge in [0, 0.05) is 0 Å². The van der Waals surface area contributed by atoms with Gasteiger partial charge >= 0.3 is 0 Å². The summed E-state index contributed by atoms with van der Waals surface area (Å²) in [5.41, 5.74) is 1.39. The van der Waals surface area contributed by atoms with Crippen molar-refractivity contribution < 1.29 is 0 Å². The van der Waals surface area contributed by atoms with E-state index in [1.165, 1.54) is 24.8 Å². The minimum atomic E-state index is 1.16. The predicted molar refractivity (Wildman–Crippen MR) is 57.2 cm³/mol. The SMILES string of the molecule is C=C/C=C(\C=C/CCC)CCC. The van der Waals surface area contributed by atoms with E-state index < -0.39 is 0 Å². The first-order valence-corrected chi connectivity index (χ1v) is 4.83. The number of unbranched alkanes of at least 4 members (excludes halogenated alkanes) is 1. The monoisotopic (exact) mass is 164 g/mol. The summed E-state index contributed by atoms with van der Waals surface area (Å²) in [6.45, 7) is 8.10. The Kier molecular flexibility index (Phi) is 7.78. The van der Waals surface area contributed by atoms with Crippen LogP contribution in [0.5, 0.6) is 0 Å². The zero-order valence-corrected chi connectivity index (χ0v) is 8.34. The van der Waals surface area contributed by atoms with Crippen molar-refractivity contribution in [1.82, 2.24) is 0 Å². The normalized spacial score (nSPS) is 12.3. The minimum absolute atomic E-state index is 1.16. The van der Waals surface area contributed by atoms with E-state index in [0.29, 0.717) is 0 Å². The molecule has 0 unspecified atom stereocenters. The molecule has 0 nitrogen and oxygen atoms in total. The molecule has 0 aromatic carbocycles. The maximum atomic E-state index is 3.70.